The quantitative estimate of drug-likeness (QED) is 0.815. The molecule has 1 saturated carbocycles. The summed E-state index contributed by atoms with van der Waals surface area (Å²) in [5.74, 6) is 1.52. The Morgan fingerprint density at radius 2 is 1.84 bits per heavy atom. The van der Waals surface area contributed by atoms with Crippen LogP contribution in [0.4, 0.5) is 0 Å². The van der Waals surface area contributed by atoms with Gasteiger partial charge in [-0.1, -0.05) is 56.3 Å². The molecule has 1 heterocycles. The second-order valence-electron chi connectivity index (χ2n) is 7.51. The van der Waals surface area contributed by atoms with E-state index in [0.717, 1.165) is 24.2 Å². The highest BCUT2D eigenvalue weighted by Gasteiger charge is 2.39. The van der Waals surface area contributed by atoms with E-state index in [4.69, 9.17) is 4.74 Å². The van der Waals surface area contributed by atoms with E-state index >= 15 is 0 Å². The molecular formula is C22H25NO2. The summed E-state index contributed by atoms with van der Waals surface area (Å²) in [5.41, 5.74) is 3.67. The number of hydrogen-bond acceptors (Lipinski definition) is 2. The third-order valence-corrected chi connectivity index (χ3v) is 5.19. The van der Waals surface area contributed by atoms with Crippen LogP contribution in [0.25, 0.3) is 0 Å². The summed E-state index contributed by atoms with van der Waals surface area (Å²) in [5, 5.41) is 0. The fourth-order valence-corrected chi connectivity index (χ4v) is 3.48. The highest BCUT2D eigenvalue weighted by Crippen LogP contribution is 2.33. The Hall–Kier alpha value is -2.29. The van der Waals surface area contributed by atoms with Crippen LogP contribution >= 0.6 is 0 Å². The molecule has 1 amide bonds. The van der Waals surface area contributed by atoms with Gasteiger partial charge in [-0.3, -0.25) is 4.79 Å². The normalized spacial score (nSPS) is 18.8. The van der Waals surface area contributed by atoms with E-state index in [2.05, 4.69) is 44.2 Å². The van der Waals surface area contributed by atoms with Crippen molar-refractivity contribution in [2.45, 2.75) is 57.7 Å². The minimum Gasteiger partial charge on any atom is -0.480 e. The molecule has 1 fully saturated rings. The molecule has 1 aliphatic carbocycles. The van der Waals surface area contributed by atoms with Crippen LogP contribution in [0.5, 0.6) is 5.75 Å². The molecule has 3 nitrogen and oxygen atoms in total. The fourth-order valence-electron chi connectivity index (χ4n) is 3.48. The van der Waals surface area contributed by atoms with Crippen LogP contribution in [0, 0.1) is 0 Å². The molecule has 25 heavy (non-hydrogen) atoms. The van der Waals surface area contributed by atoms with Crippen molar-refractivity contribution in [3.05, 3.63) is 65.2 Å². The van der Waals surface area contributed by atoms with Crippen molar-refractivity contribution in [2.24, 2.45) is 0 Å². The molecular weight excluding hydrogens is 310 g/mol. The van der Waals surface area contributed by atoms with Crippen LogP contribution < -0.4 is 4.74 Å². The zero-order valence-corrected chi connectivity index (χ0v) is 14.9. The molecule has 2 aliphatic rings. The van der Waals surface area contributed by atoms with Crippen LogP contribution in [-0.2, 0) is 17.8 Å². The minimum atomic E-state index is -0.368. The van der Waals surface area contributed by atoms with E-state index in [1.54, 1.807) is 0 Å². The van der Waals surface area contributed by atoms with Crippen molar-refractivity contribution in [3.63, 3.8) is 0 Å². The lowest BCUT2D eigenvalue weighted by molar-refractivity contribution is -0.139. The molecule has 0 saturated heterocycles. The Morgan fingerprint density at radius 3 is 2.48 bits per heavy atom. The molecule has 1 aliphatic heterocycles. The van der Waals surface area contributed by atoms with E-state index in [-0.39, 0.29) is 12.0 Å². The zero-order valence-electron chi connectivity index (χ0n) is 14.9. The monoisotopic (exact) mass is 335 g/mol. The first-order chi connectivity index (χ1) is 12.1. The molecule has 2 aromatic carbocycles. The van der Waals surface area contributed by atoms with Gasteiger partial charge in [0.2, 0.25) is 0 Å². The number of hydrogen-bond donors (Lipinski definition) is 0. The predicted octanol–water partition coefficient (Wildman–Crippen LogP) is 4.30. The lowest BCUT2D eigenvalue weighted by Crippen LogP contribution is -2.42. The summed E-state index contributed by atoms with van der Waals surface area (Å²) in [7, 11) is 0. The number of rotatable bonds is 5. The van der Waals surface area contributed by atoms with Crippen molar-refractivity contribution in [2.75, 3.05) is 0 Å². The second kappa shape index (κ2) is 6.55. The van der Waals surface area contributed by atoms with Crippen LogP contribution in [0.15, 0.2) is 48.5 Å². The van der Waals surface area contributed by atoms with Gasteiger partial charge in [-0.25, -0.2) is 0 Å². The van der Waals surface area contributed by atoms with Gasteiger partial charge >= 0.3 is 0 Å². The van der Waals surface area contributed by atoms with Gasteiger partial charge in [0.15, 0.2) is 6.10 Å². The number of carbonyl (C=O) groups excluding carboxylic acids is 1. The van der Waals surface area contributed by atoms with E-state index in [1.165, 1.54) is 11.1 Å². The Bertz CT molecular complexity index is 737. The first kappa shape index (κ1) is 16.2. The number of carbonyl (C=O) groups is 1. The SMILES string of the molecule is CC(C)c1ccc(CN(C(=O)[C@H]2Cc3ccccc3O2)C2CC2)cc1. The molecule has 1 atom stereocenters. The van der Waals surface area contributed by atoms with E-state index in [1.807, 2.05) is 23.1 Å². The van der Waals surface area contributed by atoms with Crippen LogP contribution in [0.2, 0.25) is 0 Å². The van der Waals surface area contributed by atoms with E-state index < -0.39 is 0 Å². The number of benzene rings is 2. The molecule has 0 unspecified atom stereocenters. The van der Waals surface area contributed by atoms with Gasteiger partial charge in [-0.2, -0.15) is 0 Å². The van der Waals surface area contributed by atoms with Crippen molar-refractivity contribution >= 4 is 5.91 Å². The average molecular weight is 335 g/mol. The zero-order chi connectivity index (χ0) is 17.4. The van der Waals surface area contributed by atoms with Crippen LogP contribution in [0.1, 0.15) is 49.3 Å². The summed E-state index contributed by atoms with van der Waals surface area (Å²) in [6.45, 7) is 5.08. The van der Waals surface area contributed by atoms with Crippen LogP contribution in [0.3, 0.4) is 0 Å². The molecule has 0 N–H and O–H groups in total. The molecule has 4 rings (SSSR count). The molecule has 0 aromatic heterocycles. The Labute approximate surface area is 149 Å². The Balaban J connectivity index is 1.47. The summed E-state index contributed by atoms with van der Waals surface area (Å²) in [6, 6.07) is 17.0. The molecule has 3 heteroatoms. The first-order valence-electron chi connectivity index (χ1n) is 9.25. The minimum absolute atomic E-state index is 0.131. The van der Waals surface area contributed by atoms with Gasteiger partial charge in [0.25, 0.3) is 5.91 Å². The summed E-state index contributed by atoms with van der Waals surface area (Å²) in [6.07, 6.45) is 2.53. The fraction of sp³-hybridized carbons (Fsp3) is 0.409. The molecule has 2 aromatic rings. The lowest BCUT2D eigenvalue weighted by atomic mass is 10.0. The second-order valence-corrected chi connectivity index (χ2v) is 7.51. The van der Waals surface area contributed by atoms with Crippen molar-refractivity contribution in [1.82, 2.24) is 4.90 Å². The van der Waals surface area contributed by atoms with Crippen molar-refractivity contribution in [3.8, 4) is 5.75 Å². The number of ether oxygens (including phenoxy) is 1. The van der Waals surface area contributed by atoms with E-state index in [0.29, 0.717) is 24.9 Å². The van der Waals surface area contributed by atoms with Crippen LogP contribution in [-0.4, -0.2) is 23.0 Å². The maximum atomic E-state index is 13.1. The van der Waals surface area contributed by atoms with Gasteiger partial charge in [-0.15, -0.1) is 0 Å². The topological polar surface area (TPSA) is 29.5 Å². The third kappa shape index (κ3) is 3.41. The summed E-state index contributed by atoms with van der Waals surface area (Å²) >= 11 is 0. The highest BCUT2D eigenvalue weighted by atomic mass is 16.5. The third-order valence-electron chi connectivity index (χ3n) is 5.19. The Morgan fingerprint density at radius 1 is 1.12 bits per heavy atom. The van der Waals surface area contributed by atoms with Gasteiger partial charge in [-0.05, 0) is 41.5 Å². The smallest absolute Gasteiger partial charge is 0.264 e. The van der Waals surface area contributed by atoms with Gasteiger partial charge < -0.3 is 9.64 Å². The maximum absolute atomic E-state index is 13.1. The number of fused-ring (bicyclic) bond motifs is 1. The lowest BCUT2D eigenvalue weighted by Gasteiger charge is -2.25. The Kier molecular flexibility index (Phi) is 4.24. The standard InChI is InChI=1S/C22H25NO2/c1-15(2)17-9-7-16(8-10-17)14-23(19-11-12-19)22(24)21-13-18-5-3-4-6-20(18)25-21/h3-10,15,19,21H,11-14H2,1-2H3/t21-/m1/s1. The maximum Gasteiger partial charge on any atom is 0.264 e. The van der Waals surface area contributed by atoms with E-state index in [9.17, 15) is 4.79 Å². The molecule has 0 radical (unpaired) electrons. The van der Waals surface area contributed by atoms with Crippen molar-refractivity contribution < 1.29 is 9.53 Å². The predicted molar refractivity (Wildman–Crippen MR) is 98.7 cm³/mol. The summed E-state index contributed by atoms with van der Waals surface area (Å²) < 4.78 is 5.92. The largest absolute Gasteiger partial charge is 0.480 e. The van der Waals surface area contributed by atoms with Gasteiger partial charge in [0.1, 0.15) is 5.75 Å². The van der Waals surface area contributed by atoms with Gasteiger partial charge in [0, 0.05) is 19.0 Å². The summed E-state index contributed by atoms with van der Waals surface area (Å²) in [4.78, 5) is 15.1. The molecule has 0 bridgehead atoms. The molecule has 0 spiro atoms. The molecule has 130 valence electrons. The highest BCUT2D eigenvalue weighted by molar-refractivity contribution is 5.83. The number of amides is 1. The number of nitrogens with zero attached hydrogens (tertiary/aromatic N) is 1. The van der Waals surface area contributed by atoms with Gasteiger partial charge in [0.05, 0.1) is 0 Å². The van der Waals surface area contributed by atoms with Crippen molar-refractivity contribution in [1.29, 1.82) is 0 Å². The number of para-hydroxylation sites is 1. The average Bonchev–Trinajstić information content (AvgIpc) is 3.37. The first-order valence-corrected chi connectivity index (χ1v) is 9.25.